The summed E-state index contributed by atoms with van der Waals surface area (Å²) in [6.45, 7) is 0. The van der Waals surface area contributed by atoms with Crippen molar-refractivity contribution >= 4 is 34.5 Å². The molecule has 2 aromatic rings. The van der Waals surface area contributed by atoms with E-state index in [0.717, 1.165) is 31.2 Å². The summed E-state index contributed by atoms with van der Waals surface area (Å²) in [4.78, 5) is 1.42. The van der Waals surface area contributed by atoms with Crippen LogP contribution in [0.1, 0.15) is 23.3 Å². The van der Waals surface area contributed by atoms with Gasteiger partial charge in [0.15, 0.2) is 0 Å². The molecule has 0 aliphatic rings. The molecule has 5 heteroatoms. The number of aryl methyl sites for hydroxylation is 1. The molecule has 1 atom stereocenters. The Balaban J connectivity index is 1.87. The smallest absolute Gasteiger partial charge is 0.0624 e. The van der Waals surface area contributed by atoms with Gasteiger partial charge >= 0.3 is 0 Å². The van der Waals surface area contributed by atoms with Gasteiger partial charge < -0.3 is 0 Å². The summed E-state index contributed by atoms with van der Waals surface area (Å²) in [5.74, 6) is 5.64. The molecule has 0 saturated carbocycles. The third-order valence-corrected chi connectivity index (χ3v) is 5.08. The lowest BCUT2D eigenvalue weighted by molar-refractivity contribution is 0.477. The van der Waals surface area contributed by atoms with Gasteiger partial charge in [-0.25, -0.2) is 0 Å². The van der Waals surface area contributed by atoms with E-state index in [1.165, 1.54) is 4.88 Å². The van der Waals surface area contributed by atoms with Gasteiger partial charge in [-0.2, -0.15) is 0 Å². The monoisotopic (exact) mass is 328 g/mol. The summed E-state index contributed by atoms with van der Waals surface area (Å²) in [5.41, 5.74) is 3.92. The minimum atomic E-state index is 0.214. The van der Waals surface area contributed by atoms with Crippen LogP contribution in [0.2, 0.25) is 10.0 Å². The number of thiophene rings is 1. The molecule has 0 bridgehead atoms. The number of rotatable bonds is 7. The van der Waals surface area contributed by atoms with Crippen LogP contribution >= 0.6 is 34.5 Å². The van der Waals surface area contributed by atoms with Gasteiger partial charge in [-0.05, 0) is 48.8 Å². The summed E-state index contributed by atoms with van der Waals surface area (Å²) in [5, 5.41) is 3.34. The molecule has 0 aliphatic heterocycles. The van der Waals surface area contributed by atoms with Crippen molar-refractivity contribution in [2.24, 2.45) is 5.84 Å². The zero-order valence-electron chi connectivity index (χ0n) is 11.1. The number of nitrogens with one attached hydrogen (secondary N) is 1. The summed E-state index contributed by atoms with van der Waals surface area (Å²) in [7, 11) is 0. The molecule has 20 heavy (non-hydrogen) atoms. The van der Waals surface area contributed by atoms with E-state index in [4.69, 9.17) is 29.0 Å². The molecule has 0 aliphatic carbocycles. The zero-order valence-corrected chi connectivity index (χ0v) is 13.4. The highest BCUT2D eigenvalue weighted by Crippen LogP contribution is 2.27. The molecule has 3 N–H and O–H groups in total. The van der Waals surface area contributed by atoms with Crippen molar-refractivity contribution in [3.05, 3.63) is 56.2 Å². The van der Waals surface area contributed by atoms with Crippen molar-refractivity contribution < 1.29 is 0 Å². The van der Waals surface area contributed by atoms with Crippen LogP contribution in [0.3, 0.4) is 0 Å². The predicted molar refractivity (Wildman–Crippen MR) is 88.5 cm³/mol. The largest absolute Gasteiger partial charge is 0.271 e. The van der Waals surface area contributed by atoms with E-state index in [9.17, 15) is 0 Å². The maximum absolute atomic E-state index is 6.21. The molecule has 0 spiro atoms. The van der Waals surface area contributed by atoms with Gasteiger partial charge in [0, 0.05) is 10.9 Å². The number of benzene rings is 1. The van der Waals surface area contributed by atoms with Gasteiger partial charge in [-0.1, -0.05) is 41.4 Å². The van der Waals surface area contributed by atoms with E-state index in [1.54, 1.807) is 17.4 Å². The van der Waals surface area contributed by atoms with Gasteiger partial charge in [0.2, 0.25) is 0 Å². The lowest BCUT2D eigenvalue weighted by Crippen LogP contribution is -2.36. The first kappa shape index (κ1) is 15.8. The number of hydrogen-bond acceptors (Lipinski definition) is 3. The van der Waals surface area contributed by atoms with Crippen molar-refractivity contribution in [3.63, 3.8) is 0 Å². The second kappa shape index (κ2) is 8.01. The Morgan fingerprint density at radius 1 is 1.20 bits per heavy atom. The van der Waals surface area contributed by atoms with Crippen molar-refractivity contribution in [3.8, 4) is 0 Å². The highest BCUT2D eigenvalue weighted by molar-refractivity contribution is 7.09. The Hall–Kier alpha value is -0.580. The van der Waals surface area contributed by atoms with E-state index in [-0.39, 0.29) is 6.04 Å². The average Bonchev–Trinajstić information content (AvgIpc) is 2.95. The Kier molecular flexibility index (Phi) is 6.33. The Morgan fingerprint density at radius 2 is 2.05 bits per heavy atom. The molecule has 0 saturated heterocycles. The molecular weight excluding hydrogens is 311 g/mol. The molecule has 1 unspecified atom stereocenters. The van der Waals surface area contributed by atoms with Crippen LogP contribution in [0.25, 0.3) is 0 Å². The van der Waals surface area contributed by atoms with Crippen LogP contribution in [0, 0.1) is 0 Å². The highest BCUT2D eigenvalue weighted by atomic mass is 35.5. The summed E-state index contributed by atoms with van der Waals surface area (Å²) in [6.07, 6.45) is 4.00. The Bertz CT molecular complexity index is 529. The lowest BCUT2D eigenvalue weighted by Gasteiger charge is -2.16. The highest BCUT2D eigenvalue weighted by Gasteiger charge is 2.11. The molecule has 1 aromatic heterocycles. The molecule has 0 amide bonds. The molecular formula is C15H18Cl2N2S. The molecule has 1 aromatic carbocycles. The summed E-state index contributed by atoms with van der Waals surface area (Å²) in [6, 6.07) is 10.2. The molecule has 108 valence electrons. The fraction of sp³-hybridized carbons (Fsp3) is 0.333. The van der Waals surface area contributed by atoms with Gasteiger partial charge in [0.25, 0.3) is 0 Å². The quantitative estimate of drug-likeness (QED) is 0.582. The van der Waals surface area contributed by atoms with E-state index >= 15 is 0 Å². The molecule has 0 radical (unpaired) electrons. The van der Waals surface area contributed by atoms with Crippen molar-refractivity contribution in [1.29, 1.82) is 0 Å². The lowest BCUT2D eigenvalue weighted by atomic mass is 10.0. The number of hydrazine groups is 1. The third kappa shape index (κ3) is 4.47. The number of nitrogens with two attached hydrogens (primary N) is 1. The van der Waals surface area contributed by atoms with Crippen LogP contribution in [-0.4, -0.2) is 6.04 Å². The minimum Gasteiger partial charge on any atom is -0.271 e. The molecule has 0 fully saturated rings. The minimum absolute atomic E-state index is 0.214. The van der Waals surface area contributed by atoms with Crippen LogP contribution in [0.5, 0.6) is 0 Å². The fourth-order valence-corrected chi connectivity index (χ4v) is 3.34. The zero-order chi connectivity index (χ0) is 14.4. The standard InChI is InChI=1S/C15H18Cl2N2S/c16-14-8-1-4-11(15(14)17)10-12(19-18)5-2-6-13-7-3-9-20-13/h1,3-4,7-9,12,19H,2,5-6,10,18H2. The molecule has 2 rings (SSSR count). The van der Waals surface area contributed by atoms with Crippen molar-refractivity contribution in [2.75, 3.05) is 0 Å². The predicted octanol–water partition coefficient (Wildman–Crippen LogP) is 4.45. The number of halogens is 2. The van der Waals surface area contributed by atoms with E-state index in [2.05, 4.69) is 22.9 Å². The normalized spacial score (nSPS) is 12.6. The average molecular weight is 329 g/mol. The van der Waals surface area contributed by atoms with E-state index < -0.39 is 0 Å². The SMILES string of the molecule is NNC(CCCc1cccs1)Cc1cccc(Cl)c1Cl. The first-order valence-electron chi connectivity index (χ1n) is 6.62. The fourth-order valence-electron chi connectivity index (χ4n) is 2.19. The Labute approximate surface area is 133 Å². The van der Waals surface area contributed by atoms with Gasteiger partial charge in [-0.3, -0.25) is 11.3 Å². The topological polar surface area (TPSA) is 38.0 Å². The summed E-state index contributed by atoms with van der Waals surface area (Å²) < 4.78 is 0. The Morgan fingerprint density at radius 3 is 2.75 bits per heavy atom. The van der Waals surface area contributed by atoms with Crippen LogP contribution < -0.4 is 11.3 Å². The van der Waals surface area contributed by atoms with Crippen LogP contribution in [0.15, 0.2) is 35.7 Å². The summed E-state index contributed by atoms with van der Waals surface area (Å²) >= 11 is 14.0. The van der Waals surface area contributed by atoms with E-state index in [1.807, 2.05) is 12.1 Å². The maximum Gasteiger partial charge on any atom is 0.0624 e. The third-order valence-electron chi connectivity index (χ3n) is 3.29. The number of hydrogen-bond donors (Lipinski definition) is 2. The van der Waals surface area contributed by atoms with Crippen molar-refractivity contribution in [2.45, 2.75) is 31.7 Å². The van der Waals surface area contributed by atoms with E-state index in [0.29, 0.717) is 10.0 Å². The maximum atomic E-state index is 6.21. The van der Waals surface area contributed by atoms with Crippen LogP contribution in [-0.2, 0) is 12.8 Å². The van der Waals surface area contributed by atoms with Gasteiger partial charge in [0.1, 0.15) is 0 Å². The molecule has 2 nitrogen and oxygen atoms in total. The van der Waals surface area contributed by atoms with Gasteiger partial charge in [-0.15, -0.1) is 11.3 Å². The van der Waals surface area contributed by atoms with Gasteiger partial charge in [0.05, 0.1) is 10.0 Å². The molecule has 1 heterocycles. The second-order valence-electron chi connectivity index (χ2n) is 4.75. The van der Waals surface area contributed by atoms with Crippen molar-refractivity contribution in [1.82, 2.24) is 5.43 Å². The first-order valence-corrected chi connectivity index (χ1v) is 8.25. The first-order chi connectivity index (χ1) is 9.70. The second-order valence-corrected chi connectivity index (χ2v) is 6.57. The van der Waals surface area contributed by atoms with Crippen LogP contribution in [0.4, 0.5) is 0 Å².